The number of aromatic nitrogens is 1. The monoisotopic (exact) mass is 269 g/mol. The van der Waals surface area contributed by atoms with E-state index in [4.69, 9.17) is 0 Å². The van der Waals surface area contributed by atoms with E-state index in [0.717, 1.165) is 23.0 Å². The van der Waals surface area contributed by atoms with Crippen LogP contribution in [0, 0.1) is 0 Å². The minimum Gasteiger partial charge on any atom is -0.352 e. The van der Waals surface area contributed by atoms with Gasteiger partial charge in [0.25, 0.3) is 0 Å². The Morgan fingerprint density at radius 3 is 2.95 bits per heavy atom. The van der Waals surface area contributed by atoms with Crippen LogP contribution in [0.5, 0.6) is 0 Å². The molecule has 1 aromatic carbocycles. The van der Waals surface area contributed by atoms with E-state index in [1.807, 2.05) is 30.3 Å². The lowest BCUT2D eigenvalue weighted by Crippen LogP contribution is -2.28. The lowest BCUT2D eigenvalue weighted by Gasteiger charge is -2.08. The summed E-state index contributed by atoms with van der Waals surface area (Å²) in [6, 6.07) is 10.7. The molecule has 1 heterocycles. The van der Waals surface area contributed by atoms with Gasteiger partial charge in [0, 0.05) is 37.1 Å². The summed E-state index contributed by atoms with van der Waals surface area (Å²) in [6.45, 7) is 1.31. The smallest absolute Gasteiger partial charge is 0.221 e. The molecular formula is C16H19N3O. The lowest BCUT2D eigenvalue weighted by molar-refractivity contribution is -0.121. The highest BCUT2D eigenvalue weighted by Crippen LogP contribution is 2.18. The Bertz CT molecular complexity index is 602. The highest BCUT2D eigenvalue weighted by atomic mass is 16.1. The van der Waals surface area contributed by atoms with E-state index in [1.54, 1.807) is 6.20 Å². The van der Waals surface area contributed by atoms with Gasteiger partial charge < -0.3 is 10.6 Å². The van der Waals surface area contributed by atoms with E-state index in [9.17, 15) is 4.79 Å². The van der Waals surface area contributed by atoms with Crippen LogP contribution in [0.2, 0.25) is 0 Å². The maximum atomic E-state index is 11.8. The summed E-state index contributed by atoms with van der Waals surface area (Å²) in [7, 11) is 0. The second kappa shape index (κ2) is 6.01. The molecule has 2 aromatic rings. The van der Waals surface area contributed by atoms with Crippen LogP contribution in [0.15, 0.2) is 36.5 Å². The number of nitrogens with zero attached hydrogens (tertiary/aromatic N) is 1. The van der Waals surface area contributed by atoms with Crippen LogP contribution in [0.4, 0.5) is 0 Å². The first kappa shape index (κ1) is 13.1. The van der Waals surface area contributed by atoms with Gasteiger partial charge in [-0.2, -0.15) is 0 Å². The number of benzene rings is 1. The number of pyridine rings is 1. The molecular weight excluding hydrogens is 250 g/mol. The Balaban J connectivity index is 1.54. The maximum Gasteiger partial charge on any atom is 0.221 e. The number of rotatable bonds is 6. The minimum atomic E-state index is 0.0890. The Kier molecular flexibility index (Phi) is 3.92. The standard InChI is InChI=1S/C16H19N3O/c20-15(8-10-17-14-6-7-14)19-11-13-4-1-3-12-5-2-9-18-16(12)13/h1-5,9,14,17H,6-8,10-11H2,(H,19,20). The molecule has 1 aliphatic rings. The number of hydrogen-bond donors (Lipinski definition) is 2. The molecule has 0 bridgehead atoms. The van der Waals surface area contributed by atoms with Crippen molar-refractivity contribution < 1.29 is 4.79 Å². The first-order valence-electron chi connectivity index (χ1n) is 7.15. The number of hydrogen-bond acceptors (Lipinski definition) is 3. The largest absolute Gasteiger partial charge is 0.352 e. The topological polar surface area (TPSA) is 54.0 Å². The SMILES string of the molecule is O=C(CCNC1CC1)NCc1cccc2cccnc12. The Labute approximate surface area is 118 Å². The third kappa shape index (κ3) is 3.33. The van der Waals surface area contributed by atoms with Gasteiger partial charge >= 0.3 is 0 Å². The predicted octanol–water partition coefficient (Wildman–Crippen LogP) is 1.99. The molecule has 0 radical (unpaired) electrons. The van der Waals surface area contributed by atoms with E-state index in [-0.39, 0.29) is 5.91 Å². The zero-order chi connectivity index (χ0) is 13.8. The van der Waals surface area contributed by atoms with Gasteiger partial charge in [-0.05, 0) is 24.5 Å². The molecule has 104 valence electrons. The quantitative estimate of drug-likeness (QED) is 0.843. The van der Waals surface area contributed by atoms with E-state index < -0.39 is 0 Å². The zero-order valence-electron chi connectivity index (χ0n) is 11.4. The van der Waals surface area contributed by atoms with E-state index in [0.29, 0.717) is 19.0 Å². The molecule has 0 spiro atoms. The van der Waals surface area contributed by atoms with Crippen LogP contribution < -0.4 is 10.6 Å². The molecule has 3 rings (SSSR count). The van der Waals surface area contributed by atoms with Crippen LogP contribution in [0.1, 0.15) is 24.8 Å². The fourth-order valence-corrected chi connectivity index (χ4v) is 2.27. The van der Waals surface area contributed by atoms with E-state index in [2.05, 4.69) is 15.6 Å². The van der Waals surface area contributed by atoms with Crippen molar-refractivity contribution in [3.8, 4) is 0 Å². The first-order valence-corrected chi connectivity index (χ1v) is 7.15. The summed E-state index contributed by atoms with van der Waals surface area (Å²) >= 11 is 0. The number of fused-ring (bicyclic) bond motifs is 1. The van der Waals surface area contributed by atoms with Crippen molar-refractivity contribution in [2.75, 3.05) is 6.54 Å². The Morgan fingerprint density at radius 1 is 1.25 bits per heavy atom. The van der Waals surface area contributed by atoms with Crippen LogP contribution in [-0.4, -0.2) is 23.5 Å². The average Bonchev–Trinajstić information content (AvgIpc) is 3.29. The Hall–Kier alpha value is -1.94. The van der Waals surface area contributed by atoms with Crippen molar-refractivity contribution in [1.82, 2.24) is 15.6 Å². The summed E-state index contributed by atoms with van der Waals surface area (Å²) in [5.74, 6) is 0.0890. The first-order chi connectivity index (χ1) is 9.83. The number of amides is 1. The maximum absolute atomic E-state index is 11.8. The van der Waals surface area contributed by atoms with Gasteiger partial charge in [-0.3, -0.25) is 9.78 Å². The second-order valence-corrected chi connectivity index (χ2v) is 5.25. The van der Waals surface area contributed by atoms with Crippen LogP contribution in [-0.2, 0) is 11.3 Å². The predicted molar refractivity (Wildman–Crippen MR) is 79.2 cm³/mol. The fraction of sp³-hybridized carbons (Fsp3) is 0.375. The molecule has 0 saturated heterocycles. The number of para-hydroxylation sites is 1. The van der Waals surface area contributed by atoms with E-state index >= 15 is 0 Å². The van der Waals surface area contributed by atoms with Gasteiger partial charge in [0.05, 0.1) is 5.52 Å². The number of nitrogens with one attached hydrogen (secondary N) is 2. The van der Waals surface area contributed by atoms with Crippen molar-refractivity contribution >= 4 is 16.8 Å². The van der Waals surface area contributed by atoms with Gasteiger partial charge in [0.2, 0.25) is 5.91 Å². The molecule has 1 fully saturated rings. The fourth-order valence-electron chi connectivity index (χ4n) is 2.27. The van der Waals surface area contributed by atoms with Gasteiger partial charge in [0.15, 0.2) is 0 Å². The number of carbonyl (C=O) groups is 1. The lowest BCUT2D eigenvalue weighted by atomic mass is 10.1. The summed E-state index contributed by atoms with van der Waals surface area (Å²) in [4.78, 5) is 16.2. The summed E-state index contributed by atoms with van der Waals surface area (Å²) in [6.07, 6.45) is 4.83. The highest BCUT2D eigenvalue weighted by Gasteiger charge is 2.20. The molecule has 0 aliphatic heterocycles. The molecule has 4 heteroatoms. The molecule has 1 aliphatic carbocycles. The van der Waals surface area contributed by atoms with Crippen molar-refractivity contribution in [2.24, 2.45) is 0 Å². The summed E-state index contributed by atoms with van der Waals surface area (Å²) in [5, 5.41) is 7.41. The normalized spacial score (nSPS) is 14.4. The molecule has 4 nitrogen and oxygen atoms in total. The molecule has 2 N–H and O–H groups in total. The molecule has 0 unspecified atom stereocenters. The van der Waals surface area contributed by atoms with Crippen LogP contribution in [0.25, 0.3) is 10.9 Å². The van der Waals surface area contributed by atoms with Gasteiger partial charge in [0.1, 0.15) is 0 Å². The van der Waals surface area contributed by atoms with Crippen LogP contribution in [0.3, 0.4) is 0 Å². The zero-order valence-corrected chi connectivity index (χ0v) is 11.4. The van der Waals surface area contributed by atoms with Crippen molar-refractivity contribution in [3.63, 3.8) is 0 Å². The van der Waals surface area contributed by atoms with Crippen LogP contribution >= 0.6 is 0 Å². The van der Waals surface area contributed by atoms with Gasteiger partial charge in [-0.15, -0.1) is 0 Å². The molecule has 1 saturated carbocycles. The average molecular weight is 269 g/mol. The number of carbonyl (C=O) groups excluding carboxylic acids is 1. The van der Waals surface area contributed by atoms with E-state index in [1.165, 1.54) is 12.8 Å². The van der Waals surface area contributed by atoms with Gasteiger partial charge in [-0.1, -0.05) is 24.3 Å². The Morgan fingerprint density at radius 2 is 2.10 bits per heavy atom. The molecule has 0 atom stereocenters. The summed E-state index contributed by atoms with van der Waals surface area (Å²) in [5.41, 5.74) is 2.03. The molecule has 1 amide bonds. The van der Waals surface area contributed by atoms with Gasteiger partial charge in [-0.25, -0.2) is 0 Å². The highest BCUT2D eigenvalue weighted by molar-refractivity contribution is 5.82. The summed E-state index contributed by atoms with van der Waals surface area (Å²) < 4.78 is 0. The van der Waals surface area contributed by atoms with Crippen molar-refractivity contribution in [3.05, 3.63) is 42.1 Å². The third-order valence-corrected chi connectivity index (χ3v) is 3.55. The van der Waals surface area contributed by atoms with Crippen molar-refractivity contribution in [1.29, 1.82) is 0 Å². The van der Waals surface area contributed by atoms with Crippen molar-refractivity contribution in [2.45, 2.75) is 31.8 Å². The minimum absolute atomic E-state index is 0.0890. The second-order valence-electron chi connectivity index (χ2n) is 5.25. The molecule has 20 heavy (non-hydrogen) atoms. The third-order valence-electron chi connectivity index (χ3n) is 3.55. The molecule has 1 aromatic heterocycles.